The monoisotopic (exact) mass is 288 g/mol. The molecule has 1 saturated heterocycles. The molecule has 1 aliphatic heterocycles. The molecule has 2 heterocycles. The predicted octanol–water partition coefficient (Wildman–Crippen LogP) is 0.894. The fourth-order valence-corrected chi connectivity index (χ4v) is 3.87. The summed E-state index contributed by atoms with van der Waals surface area (Å²) in [5.74, 6) is 0.311. The van der Waals surface area contributed by atoms with Crippen molar-refractivity contribution >= 4 is 21.6 Å². The van der Waals surface area contributed by atoms with Crippen molar-refractivity contribution in [2.45, 2.75) is 13.3 Å². The first-order chi connectivity index (χ1) is 9.00. The molecule has 1 unspecified atom stereocenters. The van der Waals surface area contributed by atoms with E-state index in [-0.39, 0.29) is 23.2 Å². The van der Waals surface area contributed by atoms with E-state index < -0.39 is 15.7 Å². The number of hydrogen-bond acceptors (Lipinski definition) is 6. The summed E-state index contributed by atoms with van der Waals surface area (Å²) in [4.78, 5) is 7.80. The summed E-state index contributed by atoms with van der Waals surface area (Å²) in [5.41, 5.74) is 0. The van der Waals surface area contributed by atoms with Crippen molar-refractivity contribution in [2.24, 2.45) is 5.92 Å². The molecule has 19 heavy (non-hydrogen) atoms. The molecule has 0 spiro atoms. The molecule has 2 rings (SSSR count). The van der Waals surface area contributed by atoms with E-state index in [1.54, 1.807) is 0 Å². The van der Waals surface area contributed by atoms with Gasteiger partial charge < -0.3 is 10.6 Å². The fraction of sp³-hybridized carbons (Fsp3) is 0.636. The lowest BCUT2D eigenvalue weighted by molar-refractivity contribution is 0.591. The van der Waals surface area contributed by atoms with Gasteiger partial charge in [0.25, 0.3) is 0 Å². The maximum absolute atomic E-state index is 13.5. The summed E-state index contributed by atoms with van der Waals surface area (Å²) in [6.07, 6.45) is 1.71. The molecule has 0 radical (unpaired) electrons. The molecule has 1 aromatic heterocycles. The standard InChI is InChI=1S/C11H17FN4O2S/c1-2-13-11-15-6-9(12)10(16-11)14-5-8-3-4-19(17,18)7-8/h6,8H,2-5,7H2,1H3,(H2,13,14,15,16). The minimum absolute atomic E-state index is 0.0157. The van der Waals surface area contributed by atoms with Crippen LogP contribution in [0.4, 0.5) is 16.2 Å². The van der Waals surface area contributed by atoms with Gasteiger partial charge in [-0.25, -0.2) is 17.8 Å². The van der Waals surface area contributed by atoms with Crippen molar-refractivity contribution in [2.75, 3.05) is 35.2 Å². The maximum Gasteiger partial charge on any atom is 0.224 e. The largest absolute Gasteiger partial charge is 0.367 e. The first-order valence-corrected chi connectivity index (χ1v) is 8.03. The SMILES string of the molecule is CCNc1ncc(F)c(NCC2CCS(=O)(=O)C2)n1. The first kappa shape index (κ1) is 14.0. The lowest BCUT2D eigenvalue weighted by atomic mass is 10.1. The van der Waals surface area contributed by atoms with Gasteiger partial charge in [-0.1, -0.05) is 0 Å². The summed E-state index contributed by atoms with van der Waals surface area (Å²) >= 11 is 0. The van der Waals surface area contributed by atoms with E-state index >= 15 is 0 Å². The Balaban J connectivity index is 1.97. The summed E-state index contributed by atoms with van der Waals surface area (Å²) in [5, 5.41) is 5.75. The molecule has 2 N–H and O–H groups in total. The van der Waals surface area contributed by atoms with Crippen LogP contribution in [0.25, 0.3) is 0 Å². The molecule has 6 nitrogen and oxygen atoms in total. The van der Waals surface area contributed by atoms with Crippen LogP contribution in [0.15, 0.2) is 6.20 Å². The van der Waals surface area contributed by atoms with E-state index in [9.17, 15) is 12.8 Å². The van der Waals surface area contributed by atoms with Crippen molar-refractivity contribution in [1.29, 1.82) is 0 Å². The molecule has 1 aromatic rings. The third-order valence-corrected chi connectivity index (χ3v) is 4.80. The summed E-state index contributed by atoms with van der Waals surface area (Å²) in [6.45, 7) is 2.94. The zero-order valence-corrected chi connectivity index (χ0v) is 11.5. The molecule has 1 fully saturated rings. The highest BCUT2D eigenvalue weighted by Gasteiger charge is 2.27. The highest BCUT2D eigenvalue weighted by molar-refractivity contribution is 7.91. The Morgan fingerprint density at radius 1 is 1.47 bits per heavy atom. The van der Waals surface area contributed by atoms with E-state index in [2.05, 4.69) is 20.6 Å². The average Bonchev–Trinajstić information content (AvgIpc) is 2.70. The van der Waals surface area contributed by atoms with Crippen molar-refractivity contribution in [1.82, 2.24) is 9.97 Å². The van der Waals surface area contributed by atoms with Crippen molar-refractivity contribution in [3.8, 4) is 0 Å². The number of nitrogens with zero attached hydrogens (tertiary/aromatic N) is 2. The Labute approximate surface area is 111 Å². The van der Waals surface area contributed by atoms with E-state index in [4.69, 9.17) is 0 Å². The molecule has 0 saturated carbocycles. The van der Waals surface area contributed by atoms with Gasteiger partial charge in [-0.3, -0.25) is 0 Å². The van der Waals surface area contributed by atoms with Crippen LogP contribution in [-0.2, 0) is 9.84 Å². The second kappa shape index (κ2) is 5.68. The highest BCUT2D eigenvalue weighted by Crippen LogP contribution is 2.19. The summed E-state index contributed by atoms with van der Waals surface area (Å²) < 4.78 is 36.1. The zero-order valence-electron chi connectivity index (χ0n) is 10.7. The Hall–Kier alpha value is -1.44. The highest BCUT2D eigenvalue weighted by atomic mass is 32.2. The van der Waals surface area contributed by atoms with Crippen LogP contribution >= 0.6 is 0 Å². The van der Waals surface area contributed by atoms with Gasteiger partial charge in [0.05, 0.1) is 17.7 Å². The van der Waals surface area contributed by atoms with Gasteiger partial charge in [0, 0.05) is 13.1 Å². The number of aromatic nitrogens is 2. The molecular weight excluding hydrogens is 271 g/mol. The van der Waals surface area contributed by atoms with Gasteiger partial charge in [0.1, 0.15) is 0 Å². The van der Waals surface area contributed by atoms with Crippen LogP contribution in [0.5, 0.6) is 0 Å². The molecule has 0 amide bonds. The molecule has 0 bridgehead atoms. The van der Waals surface area contributed by atoms with Gasteiger partial charge in [-0.05, 0) is 19.3 Å². The molecule has 106 valence electrons. The van der Waals surface area contributed by atoms with Crippen LogP contribution in [0.2, 0.25) is 0 Å². The number of hydrogen-bond donors (Lipinski definition) is 2. The third kappa shape index (κ3) is 3.76. The molecule has 8 heteroatoms. The predicted molar refractivity (Wildman–Crippen MR) is 71.4 cm³/mol. The van der Waals surface area contributed by atoms with E-state index in [0.717, 1.165) is 6.20 Å². The van der Waals surface area contributed by atoms with Crippen LogP contribution in [0, 0.1) is 11.7 Å². The second-order valence-corrected chi connectivity index (χ2v) is 6.80. The van der Waals surface area contributed by atoms with Crippen LogP contribution in [0.1, 0.15) is 13.3 Å². The van der Waals surface area contributed by atoms with Crippen LogP contribution < -0.4 is 10.6 Å². The first-order valence-electron chi connectivity index (χ1n) is 6.21. The van der Waals surface area contributed by atoms with Crippen LogP contribution in [0.3, 0.4) is 0 Å². The summed E-state index contributed by atoms with van der Waals surface area (Å²) in [7, 11) is -2.91. The van der Waals surface area contributed by atoms with Crippen molar-refractivity contribution < 1.29 is 12.8 Å². The maximum atomic E-state index is 13.5. The molecular formula is C11H17FN4O2S. The molecule has 0 aromatic carbocycles. The number of rotatable bonds is 5. The van der Waals surface area contributed by atoms with E-state index in [1.165, 1.54) is 0 Å². The number of anilines is 2. The van der Waals surface area contributed by atoms with Crippen molar-refractivity contribution in [3.05, 3.63) is 12.0 Å². The van der Waals surface area contributed by atoms with Gasteiger partial charge in [0.15, 0.2) is 21.5 Å². The Bertz CT molecular complexity index is 550. The smallest absolute Gasteiger partial charge is 0.224 e. The summed E-state index contributed by atoms with van der Waals surface area (Å²) in [6, 6.07) is 0. The quantitative estimate of drug-likeness (QED) is 0.837. The third-order valence-electron chi connectivity index (χ3n) is 2.96. The molecule has 1 aliphatic rings. The molecule has 0 aliphatic carbocycles. The Kier molecular flexibility index (Phi) is 4.18. The van der Waals surface area contributed by atoms with Gasteiger partial charge in [0.2, 0.25) is 5.95 Å². The number of halogens is 1. The van der Waals surface area contributed by atoms with E-state index in [0.29, 0.717) is 25.5 Å². The van der Waals surface area contributed by atoms with Gasteiger partial charge in [-0.15, -0.1) is 0 Å². The van der Waals surface area contributed by atoms with E-state index in [1.807, 2.05) is 6.92 Å². The minimum atomic E-state index is -2.91. The lowest BCUT2D eigenvalue weighted by Crippen LogP contribution is -2.17. The van der Waals surface area contributed by atoms with Gasteiger partial charge >= 0.3 is 0 Å². The zero-order chi connectivity index (χ0) is 13.9. The molecule has 1 atom stereocenters. The van der Waals surface area contributed by atoms with Crippen molar-refractivity contribution in [3.63, 3.8) is 0 Å². The van der Waals surface area contributed by atoms with Gasteiger partial charge in [-0.2, -0.15) is 4.98 Å². The normalized spacial score (nSPS) is 21.3. The Morgan fingerprint density at radius 2 is 2.26 bits per heavy atom. The Morgan fingerprint density at radius 3 is 2.89 bits per heavy atom. The number of sulfone groups is 1. The van der Waals surface area contributed by atoms with Crippen LogP contribution in [-0.4, -0.2) is 43.0 Å². The second-order valence-electron chi connectivity index (χ2n) is 4.57. The fourth-order valence-electron chi connectivity index (χ4n) is 2.01. The average molecular weight is 288 g/mol. The number of nitrogens with one attached hydrogen (secondary N) is 2. The topological polar surface area (TPSA) is 84.0 Å². The minimum Gasteiger partial charge on any atom is -0.367 e. The lowest BCUT2D eigenvalue weighted by Gasteiger charge is -2.11.